The molecule has 5 rings (SSSR count). The Morgan fingerprint density at radius 2 is 1.89 bits per heavy atom. The Hall–Kier alpha value is -1.55. The van der Waals surface area contributed by atoms with Crippen molar-refractivity contribution in [3.05, 3.63) is 65.2 Å². The molecule has 4 heteroatoms. The van der Waals surface area contributed by atoms with Gasteiger partial charge in [-0.25, -0.2) is 0 Å². The molecular formula is C24H30ClNO2. The Labute approximate surface area is 173 Å². The average Bonchev–Trinajstić information content (AvgIpc) is 2.71. The molecule has 3 aliphatic rings. The smallest absolute Gasteiger partial charge is 0.115 e. The van der Waals surface area contributed by atoms with E-state index in [0.29, 0.717) is 24.3 Å². The quantitative estimate of drug-likeness (QED) is 0.792. The molecule has 1 heterocycles. The first-order valence-electron chi connectivity index (χ1n) is 10.5. The number of fused-ring (bicyclic) bond motifs is 1. The van der Waals surface area contributed by atoms with Crippen molar-refractivity contribution in [1.82, 2.24) is 4.90 Å². The number of nitrogens with zero attached hydrogens (tertiary/aromatic N) is 1. The molecule has 2 fully saturated rings. The van der Waals surface area contributed by atoms with Crippen molar-refractivity contribution in [3.8, 4) is 5.75 Å². The zero-order valence-corrected chi connectivity index (χ0v) is 17.1. The van der Waals surface area contributed by atoms with Crippen LogP contribution in [0.4, 0.5) is 0 Å². The molecule has 1 saturated carbocycles. The van der Waals surface area contributed by atoms with E-state index < -0.39 is 6.10 Å². The summed E-state index contributed by atoms with van der Waals surface area (Å²) < 4.78 is 0. The molecule has 2 aliphatic carbocycles. The molecule has 4 atom stereocenters. The Bertz CT molecular complexity index is 827. The van der Waals surface area contributed by atoms with Crippen molar-refractivity contribution in [1.29, 1.82) is 0 Å². The molecule has 1 unspecified atom stereocenters. The van der Waals surface area contributed by atoms with E-state index >= 15 is 0 Å². The third-order valence-corrected chi connectivity index (χ3v) is 7.53. The summed E-state index contributed by atoms with van der Waals surface area (Å²) in [7, 11) is 0. The number of piperidine rings is 1. The first kappa shape index (κ1) is 19.8. The molecule has 2 bridgehead atoms. The second-order valence-electron chi connectivity index (χ2n) is 8.79. The third-order valence-electron chi connectivity index (χ3n) is 7.53. The fourth-order valence-electron chi connectivity index (χ4n) is 6.30. The van der Waals surface area contributed by atoms with Crippen LogP contribution in [0.3, 0.4) is 0 Å². The van der Waals surface area contributed by atoms with E-state index in [9.17, 15) is 10.2 Å². The summed E-state index contributed by atoms with van der Waals surface area (Å²) in [5, 5.41) is 20.9. The van der Waals surface area contributed by atoms with Gasteiger partial charge in [-0.15, -0.1) is 12.4 Å². The number of hydrogen-bond donors (Lipinski definition) is 2. The van der Waals surface area contributed by atoms with Gasteiger partial charge in [0.2, 0.25) is 0 Å². The van der Waals surface area contributed by atoms with Crippen LogP contribution in [0.15, 0.2) is 48.5 Å². The van der Waals surface area contributed by atoms with E-state index in [-0.39, 0.29) is 17.8 Å². The number of phenols is 1. The number of aliphatic hydroxyl groups is 1. The maximum atomic E-state index is 10.8. The van der Waals surface area contributed by atoms with Gasteiger partial charge in [0.25, 0.3) is 0 Å². The number of halogens is 1. The third kappa shape index (κ3) is 3.14. The standard InChI is InChI=1S/C24H29NO2.ClH/c26-19-10-9-18-14-22-20-8-4-5-11-24(20,21(18)15-19)12-13-25(22)16-23(27)17-6-2-1-3-7-17;/h1-3,6-7,9-10,15,20,22-23,26-27H,4-5,8,11-14,16H2;1H/t20-,22-,23?,24+;/m0./s1. The van der Waals surface area contributed by atoms with Gasteiger partial charge in [-0.1, -0.05) is 49.2 Å². The number of β-amino-alcohol motifs (C(OH)–C–C–N with tert-alkyl or cyclic N) is 1. The van der Waals surface area contributed by atoms with Crippen molar-refractivity contribution >= 4 is 12.4 Å². The molecule has 0 amide bonds. The lowest BCUT2D eigenvalue weighted by atomic mass is 9.52. The summed E-state index contributed by atoms with van der Waals surface area (Å²) in [5.41, 5.74) is 4.09. The molecular weight excluding hydrogens is 370 g/mol. The molecule has 2 aromatic carbocycles. The van der Waals surface area contributed by atoms with Gasteiger partial charge in [0.05, 0.1) is 6.10 Å². The van der Waals surface area contributed by atoms with E-state index in [1.807, 2.05) is 36.4 Å². The van der Waals surface area contributed by atoms with Crippen molar-refractivity contribution in [3.63, 3.8) is 0 Å². The lowest BCUT2D eigenvalue weighted by Gasteiger charge is -2.59. The average molecular weight is 400 g/mol. The van der Waals surface area contributed by atoms with Crippen LogP contribution < -0.4 is 0 Å². The number of rotatable bonds is 3. The molecule has 1 saturated heterocycles. The van der Waals surface area contributed by atoms with Crippen LogP contribution in [-0.2, 0) is 11.8 Å². The Balaban J connectivity index is 0.00000192. The lowest BCUT2D eigenvalue weighted by molar-refractivity contribution is -0.0311. The normalized spacial score (nSPS) is 29.9. The topological polar surface area (TPSA) is 43.7 Å². The van der Waals surface area contributed by atoms with Gasteiger partial charge in [-0.2, -0.15) is 0 Å². The summed E-state index contributed by atoms with van der Waals surface area (Å²) >= 11 is 0. The summed E-state index contributed by atoms with van der Waals surface area (Å²) in [4.78, 5) is 2.56. The van der Waals surface area contributed by atoms with Gasteiger partial charge < -0.3 is 10.2 Å². The van der Waals surface area contributed by atoms with Crippen LogP contribution >= 0.6 is 12.4 Å². The van der Waals surface area contributed by atoms with E-state index in [4.69, 9.17) is 0 Å². The molecule has 0 spiro atoms. The van der Waals surface area contributed by atoms with Crippen LogP contribution in [0.25, 0.3) is 0 Å². The number of hydrogen-bond acceptors (Lipinski definition) is 3. The minimum absolute atomic E-state index is 0. The summed E-state index contributed by atoms with van der Waals surface area (Å²) in [5.74, 6) is 1.06. The fourth-order valence-corrected chi connectivity index (χ4v) is 6.30. The second-order valence-corrected chi connectivity index (χ2v) is 8.79. The van der Waals surface area contributed by atoms with Crippen LogP contribution in [0, 0.1) is 5.92 Å². The summed E-state index contributed by atoms with van der Waals surface area (Å²) in [6.07, 6.45) is 6.90. The molecule has 1 aliphatic heterocycles. The molecule has 28 heavy (non-hydrogen) atoms. The van der Waals surface area contributed by atoms with E-state index in [0.717, 1.165) is 24.9 Å². The van der Waals surface area contributed by atoms with Crippen LogP contribution in [-0.4, -0.2) is 34.2 Å². The predicted octanol–water partition coefficient (Wildman–Crippen LogP) is 4.61. The molecule has 3 nitrogen and oxygen atoms in total. The molecule has 150 valence electrons. The number of aliphatic hydroxyl groups excluding tert-OH is 1. The van der Waals surface area contributed by atoms with E-state index in [2.05, 4.69) is 17.0 Å². The maximum Gasteiger partial charge on any atom is 0.115 e. The maximum absolute atomic E-state index is 10.8. The van der Waals surface area contributed by atoms with E-state index in [1.54, 1.807) is 0 Å². The van der Waals surface area contributed by atoms with Crippen molar-refractivity contribution in [2.24, 2.45) is 5.92 Å². The highest BCUT2D eigenvalue weighted by molar-refractivity contribution is 5.85. The van der Waals surface area contributed by atoms with Crippen molar-refractivity contribution in [2.45, 2.75) is 56.1 Å². The Morgan fingerprint density at radius 3 is 2.71 bits per heavy atom. The van der Waals surface area contributed by atoms with Crippen molar-refractivity contribution in [2.75, 3.05) is 13.1 Å². The summed E-state index contributed by atoms with van der Waals surface area (Å²) in [6, 6.07) is 16.6. The van der Waals surface area contributed by atoms with Crippen LogP contribution in [0.2, 0.25) is 0 Å². The number of likely N-dealkylation sites (tertiary alicyclic amines) is 1. The molecule has 0 aromatic heterocycles. The molecule has 0 radical (unpaired) electrons. The van der Waals surface area contributed by atoms with Crippen LogP contribution in [0.1, 0.15) is 54.9 Å². The zero-order chi connectivity index (χ0) is 18.4. The Morgan fingerprint density at radius 1 is 1.07 bits per heavy atom. The zero-order valence-electron chi connectivity index (χ0n) is 16.3. The van der Waals surface area contributed by atoms with Gasteiger partial charge in [-0.3, -0.25) is 4.90 Å². The molecule has 2 N–H and O–H groups in total. The minimum atomic E-state index is -0.427. The highest BCUT2D eigenvalue weighted by atomic mass is 35.5. The van der Waals surface area contributed by atoms with Gasteiger partial charge in [0.15, 0.2) is 0 Å². The Kier molecular flexibility index (Phi) is 5.43. The number of aromatic hydroxyl groups is 1. The number of phenolic OH excluding ortho intramolecular Hbond substituents is 1. The fraction of sp³-hybridized carbons (Fsp3) is 0.500. The highest BCUT2D eigenvalue weighted by Gasteiger charge is 2.53. The first-order chi connectivity index (χ1) is 13.2. The van der Waals surface area contributed by atoms with Crippen molar-refractivity contribution < 1.29 is 10.2 Å². The minimum Gasteiger partial charge on any atom is -0.508 e. The predicted molar refractivity (Wildman–Crippen MR) is 114 cm³/mol. The number of benzene rings is 2. The van der Waals surface area contributed by atoms with Gasteiger partial charge in [0, 0.05) is 18.0 Å². The SMILES string of the molecule is Cl.Oc1ccc2c(c1)[C@@]13CCCC[C@H]1[C@H](C2)N(CC(O)c1ccccc1)CC3. The summed E-state index contributed by atoms with van der Waals surface area (Å²) in [6.45, 7) is 1.76. The lowest BCUT2D eigenvalue weighted by Crippen LogP contribution is -2.61. The monoisotopic (exact) mass is 399 g/mol. The van der Waals surface area contributed by atoms with Gasteiger partial charge in [0.1, 0.15) is 5.75 Å². The van der Waals surface area contributed by atoms with Gasteiger partial charge in [-0.05, 0) is 67.0 Å². The highest BCUT2D eigenvalue weighted by Crippen LogP contribution is 2.56. The largest absolute Gasteiger partial charge is 0.508 e. The second kappa shape index (κ2) is 7.70. The van der Waals surface area contributed by atoms with Gasteiger partial charge >= 0.3 is 0 Å². The van der Waals surface area contributed by atoms with Crippen LogP contribution in [0.5, 0.6) is 5.75 Å². The van der Waals surface area contributed by atoms with E-state index in [1.165, 1.54) is 36.8 Å². The first-order valence-corrected chi connectivity index (χ1v) is 10.5. The molecule has 2 aromatic rings.